The fourth-order valence-electron chi connectivity index (χ4n) is 2.45. The van der Waals surface area contributed by atoms with Crippen LogP contribution in [0.1, 0.15) is 33.3 Å². The molecule has 1 aromatic rings. The van der Waals surface area contributed by atoms with E-state index in [0.29, 0.717) is 0 Å². The van der Waals surface area contributed by atoms with Crippen LogP contribution in [-0.4, -0.2) is 46.7 Å². The summed E-state index contributed by atoms with van der Waals surface area (Å²) in [6, 6.07) is 9.05. The van der Waals surface area contributed by atoms with E-state index in [9.17, 15) is 14.4 Å². The van der Waals surface area contributed by atoms with E-state index in [0.717, 1.165) is 12.7 Å². The van der Waals surface area contributed by atoms with E-state index >= 15 is 0 Å². The van der Waals surface area contributed by atoms with Crippen LogP contribution in [-0.2, 0) is 34.8 Å². The Labute approximate surface area is 185 Å². The third-order valence-corrected chi connectivity index (χ3v) is 9.74. The summed E-state index contributed by atoms with van der Waals surface area (Å²) in [6.45, 7) is 11.8. The highest BCUT2D eigenvalue weighted by atomic mass is 28.4. The molecule has 172 valence electrons. The number of carbonyl (C=O) groups excluding carboxylic acids is 3. The summed E-state index contributed by atoms with van der Waals surface area (Å²) < 4.78 is 21.1. The first-order valence-corrected chi connectivity index (χ1v) is 12.8. The zero-order valence-corrected chi connectivity index (χ0v) is 20.5. The van der Waals surface area contributed by atoms with Crippen LogP contribution in [0.5, 0.6) is 0 Å². The first kappa shape index (κ1) is 26.4. The van der Waals surface area contributed by atoms with Crippen molar-refractivity contribution in [3.05, 3.63) is 47.2 Å². The van der Waals surface area contributed by atoms with Crippen LogP contribution in [0.15, 0.2) is 41.6 Å². The smallest absolute Gasteiger partial charge is 0.412 e. The molecule has 1 aromatic carbocycles. The van der Waals surface area contributed by atoms with Gasteiger partial charge in [-0.2, -0.15) is 0 Å². The van der Waals surface area contributed by atoms with Crippen molar-refractivity contribution < 1.29 is 33.0 Å². The predicted molar refractivity (Wildman–Crippen MR) is 119 cm³/mol. The van der Waals surface area contributed by atoms with Crippen molar-refractivity contribution in [2.75, 3.05) is 14.2 Å². The van der Waals surface area contributed by atoms with E-state index in [1.807, 2.05) is 52.1 Å². The van der Waals surface area contributed by atoms with Gasteiger partial charge in [0.1, 0.15) is 12.3 Å². The maximum absolute atomic E-state index is 12.6. The van der Waals surface area contributed by atoms with Gasteiger partial charge < -0.3 is 18.6 Å². The van der Waals surface area contributed by atoms with Crippen molar-refractivity contribution >= 4 is 26.3 Å². The molecule has 1 atom stereocenters. The predicted octanol–water partition coefficient (Wildman–Crippen LogP) is 3.92. The second kappa shape index (κ2) is 11.1. The highest BCUT2D eigenvalue weighted by molar-refractivity contribution is 6.74. The number of rotatable bonds is 8. The van der Waals surface area contributed by atoms with E-state index in [1.165, 1.54) is 7.11 Å². The van der Waals surface area contributed by atoms with Crippen molar-refractivity contribution in [2.24, 2.45) is 0 Å². The molecule has 1 N–H and O–H groups in total. The zero-order valence-electron chi connectivity index (χ0n) is 19.5. The van der Waals surface area contributed by atoms with Gasteiger partial charge in [-0.05, 0) is 30.6 Å². The monoisotopic (exact) mass is 451 g/mol. The summed E-state index contributed by atoms with van der Waals surface area (Å²) in [7, 11) is 0.0135. The molecule has 0 heterocycles. The van der Waals surface area contributed by atoms with E-state index in [-0.39, 0.29) is 22.9 Å². The van der Waals surface area contributed by atoms with Crippen LogP contribution < -0.4 is 5.32 Å². The lowest BCUT2D eigenvalue weighted by molar-refractivity contribution is -0.140. The Morgan fingerprint density at radius 2 is 1.55 bits per heavy atom. The molecule has 0 radical (unpaired) electrons. The number of alkyl carbamates (subject to hydrolysis) is 1. The average Bonchev–Trinajstić information content (AvgIpc) is 2.70. The Balaban J connectivity index is 3.23. The van der Waals surface area contributed by atoms with Gasteiger partial charge in [0.05, 0.1) is 25.9 Å². The molecule has 8 nitrogen and oxygen atoms in total. The van der Waals surface area contributed by atoms with Crippen LogP contribution in [0.4, 0.5) is 4.79 Å². The lowest BCUT2D eigenvalue weighted by Gasteiger charge is -2.38. The Kier molecular flexibility index (Phi) is 9.45. The van der Waals surface area contributed by atoms with Gasteiger partial charge in [-0.15, -0.1) is 0 Å². The SMILES string of the molecule is COC(=O)/C(NC(=O)OCc1ccccc1)=C(\C(=O)OC)C(C)O[Si](C)(C)C(C)(C)C. The number of hydrogen-bond donors (Lipinski definition) is 1. The van der Waals surface area contributed by atoms with Crippen LogP contribution >= 0.6 is 0 Å². The molecule has 0 bridgehead atoms. The summed E-state index contributed by atoms with van der Waals surface area (Å²) in [5.41, 5.74) is 0.249. The van der Waals surface area contributed by atoms with Crippen LogP contribution in [0.2, 0.25) is 18.1 Å². The zero-order chi connectivity index (χ0) is 23.8. The van der Waals surface area contributed by atoms with E-state index in [1.54, 1.807) is 19.1 Å². The van der Waals surface area contributed by atoms with Crippen LogP contribution in [0, 0.1) is 0 Å². The third-order valence-electron chi connectivity index (χ3n) is 5.19. The number of ether oxygens (including phenoxy) is 3. The van der Waals surface area contributed by atoms with Gasteiger partial charge in [0.15, 0.2) is 8.32 Å². The van der Waals surface area contributed by atoms with Crippen LogP contribution in [0.25, 0.3) is 0 Å². The fraction of sp³-hybridized carbons (Fsp3) is 0.500. The van der Waals surface area contributed by atoms with E-state index in [2.05, 4.69) is 5.32 Å². The summed E-state index contributed by atoms with van der Waals surface area (Å²) >= 11 is 0. The van der Waals surface area contributed by atoms with Gasteiger partial charge in [0.2, 0.25) is 0 Å². The Morgan fingerprint density at radius 1 is 1.00 bits per heavy atom. The first-order chi connectivity index (χ1) is 14.3. The number of nitrogens with one attached hydrogen (secondary N) is 1. The van der Waals surface area contributed by atoms with E-state index < -0.39 is 32.5 Å². The van der Waals surface area contributed by atoms with Crippen molar-refractivity contribution in [3.63, 3.8) is 0 Å². The maximum atomic E-state index is 12.6. The Hall–Kier alpha value is -2.65. The highest BCUT2D eigenvalue weighted by Gasteiger charge is 2.41. The molecular weight excluding hydrogens is 418 g/mol. The number of esters is 2. The molecular formula is C22H33NO7Si. The lowest BCUT2D eigenvalue weighted by atomic mass is 10.1. The normalized spacial score (nSPS) is 13.5. The summed E-state index contributed by atoms with van der Waals surface area (Å²) in [5, 5.41) is 2.19. The molecule has 31 heavy (non-hydrogen) atoms. The number of methoxy groups -OCH3 is 2. The summed E-state index contributed by atoms with van der Waals surface area (Å²) in [4.78, 5) is 37.4. The first-order valence-electron chi connectivity index (χ1n) is 9.90. The molecule has 0 saturated carbocycles. The van der Waals surface area contributed by atoms with Crippen molar-refractivity contribution in [2.45, 2.75) is 58.5 Å². The Morgan fingerprint density at radius 3 is 2.03 bits per heavy atom. The van der Waals surface area contributed by atoms with Gasteiger partial charge in [-0.1, -0.05) is 51.1 Å². The lowest BCUT2D eigenvalue weighted by Crippen LogP contribution is -2.45. The number of benzene rings is 1. The van der Waals surface area contributed by atoms with E-state index in [4.69, 9.17) is 18.6 Å². The standard InChI is InChI=1S/C22H33NO7Si/c1-15(30-31(7,8)22(2,3)4)17(19(24)27-5)18(20(25)28-6)23-21(26)29-14-16-12-10-9-11-13-16/h9-13,15H,14H2,1-8H3,(H,23,26)/b18-17+. The number of hydrogen-bond acceptors (Lipinski definition) is 7. The molecule has 9 heteroatoms. The minimum atomic E-state index is -2.32. The molecule has 0 aliphatic rings. The molecule has 0 aliphatic carbocycles. The van der Waals surface area contributed by atoms with Gasteiger partial charge in [-0.25, -0.2) is 14.4 Å². The molecule has 0 aromatic heterocycles. The molecule has 0 fully saturated rings. The van der Waals surface area contributed by atoms with Crippen molar-refractivity contribution in [1.82, 2.24) is 5.32 Å². The van der Waals surface area contributed by atoms with Gasteiger partial charge in [-0.3, -0.25) is 5.32 Å². The molecule has 0 spiro atoms. The fourth-order valence-corrected chi connectivity index (χ4v) is 3.81. The molecule has 1 rings (SSSR count). The largest absolute Gasteiger partial charge is 0.466 e. The number of amides is 1. The molecule has 1 unspecified atom stereocenters. The number of carbonyl (C=O) groups is 3. The quantitative estimate of drug-likeness (QED) is 0.277. The minimum absolute atomic E-state index is 0.00922. The molecule has 0 aliphatic heterocycles. The van der Waals surface area contributed by atoms with Gasteiger partial charge >= 0.3 is 18.0 Å². The maximum Gasteiger partial charge on any atom is 0.412 e. The highest BCUT2D eigenvalue weighted by Crippen LogP contribution is 2.38. The second-order valence-electron chi connectivity index (χ2n) is 8.48. The minimum Gasteiger partial charge on any atom is -0.466 e. The third kappa shape index (κ3) is 7.52. The average molecular weight is 452 g/mol. The second-order valence-corrected chi connectivity index (χ2v) is 13.2. The van der Waals surface area contributed by atoms with Crippen molar-refractivity contribution in [1.29, 1.82) is 0 Å². The molecule has 0 saturated heterocycles. The summed E-state index contributed by atoms with van der Waals surface area (Å²) in [6.07, 6.45) is -1.75. The van der Waals surface area contributed by atoms with Crippen LogP contribution in [0.3, 0.4) is 0 Å². The van der Waals surface area contributed by atoms with Gasteiger partial charge in [0, 0.05) is 0 Å². The Bertz CT molecular complexity index is 813. The van der Waals surface area contributed by atoms with Gasteiger partial charge in [0.25, 0.3) is 0 Å². The molecule has 1 amide bonds. The summed E-state index contributed by atoms with van der Waals surface area (Å²) in [5.74, 6) is -1.72. The topological polar surface area (TPSA) is 100 Å². The van der Waals surface area contributed by atoms with Crippen molar-refractivity contribution in [3.8, 4) is 0 Å².